The van der Waals surface area contributed by atoms with Crippen LogP contribution in [0, 0.1) is 6.92 Å². The molecule has 168 valence electrons. The lowest BCUT2D eigenvalue weighted by atomic mass is 10.2. The van der Waals surface area contributed by atoms with Crippen LogP contribution >= 0.6 is 35.3 Å². The number of aliphatic imine (C=N–C) groups is 1. The number of morpholine rings is 1. The number of hydrogen-bond acceptors (Lipinski definition) is 6. The van der Waals surface area contributed by atoms with Crippen molar-refractivity contribution in [1.82, 2.24) is 30.1 Å². The lowest BCUT2D eigenvalue weighted by Gasteiger charge is -2.34. The van der Waals surface area contributed by atoms with Gasteiger partial charge in [0.25, 0.3) is 0 Å². The van der Waals surface area contributed by atoms with Gasteiger partial charge in [-0.2, -0.15) is 0 Å². The first-order valence-electron chi connectivity index (χ1n) is 10.4. The first-order valence-corrected chi connectivity index (χ1v) is 11.2. The highest BCUT2D eigenvalue weighted by atomic mass is 127. The smallest absolute Gasteiger partial charge is 0.191 e. The minimum atomic E-state index is 0. The van der Waals surface area contributed by atoms with E-state index in [0.29, 0.717) is 12.6 Å². The van der Waals surface area contributed by atoms with Gasteiger partial charge in [0.2, 0.25) is 0 Å². The van der Waals surface area contributed by atoms with Crippen molar-refractivity contribution >= 4 is 46.9 Å². The van der Waals surface area contributed by atoms with Crippen LogP contribution in [0.1, 0.15) is 28.5 Å². The maximum atomic E-state index is 5.56. The van der Waals surface area contributed by atoms with Crippen molar-refractivity contribution in [3.8, 4) is 0 Å². The fraction of sp³-hybridized carbons (Fsp3) is 0.476. The standard InChI is InChI=1S/C21H29N7OS.HI/c1-3-22-21(24-15-20-26-25-19-6-4-5-9-28(19)20)23-14-17(18-8-7-16(2)30-18)27-10-12-29-13-11-27;/h4-9,17H,3,10-15H2,1-2H3,(H2,22,23,24);1H. The van der Waals surface area contributed by atoms with Gasteiger partial charge in [-0.15, -0.1) is 45.5 Å². The van der Waals surface area contributed by atoms with Crippen molar-refractivity contribution < 1.29 is 4.74 Å². The van der Waals surface area contributed by atoms with Gasteiger partial charge in [0.1, 0.15) is 6.54 Å². The second-order valence-electron chi connectivity index (χ2n) is 7.23. The molecule has 1 aliphatic rings. The zero-order valence-electron chi connectivity index (χ0n) is 18.0. The minimum Gasteiger partial charge on any atom is -0.379 e. The Morgan fingerprint density at radius 2 is 2.03 bits per heavy atom. The van der Waals surface area contributed by atoms with Crippen molar-refractivity contribution in [2.45, 2.75) is 26.4 Å². The van der Waals surface area contributed by atoms with E-state index in [0.717, 1.165) is 56.8 Å². The Balaban J connectivity index is 0.00000272. The molecule has 0 bridgehead atoms. The number of halogens is 1. The number of rotatable bonds is 7. The molecular formula is C21H30IN7OS. The molecule has 1 atom stereocenters. The van der Waals surface area contributed by atoms with E-state index in [-0.39, 0.29) is 24.0 Å². The number of nitrogens with one attached hydrogen (secondary N) is 2. The third-order valence-electron chi connectivity index (χ3n) is 5.15. The van der Waals surface area contributed by atoms with Crippen molar-refractivity contribution in [3.05, 3.63) is 52.1 Å². The molecule has 1 fully saturated rings. The summed E-state index contributed by atoms with van der Waals surface area (Å²) in [6, 6.07) is 10.6. The van der Waals surface area contributed by atoms with Crippen molar-refractivity contribution in [2.75, 3.05) is 39.4 Å². The zero-order valence-corrected chi connectivity index (χ0v) is 21.1. The number of nitrogens with zero attached hydrogens (tertiary/aromatic N) is 5. The molecule has 0 aromatic carbocycles. The van der Waals surface area contributed by atoms with E-state index in [2.05, 4.69) is 51.7 Å². The van der Waals surface area contributed by atoms with Gasteiger partial charge >= 0.3 is 0 Å². The van der Waals surface area contributed by atoms with Crippen molar-refractivity contribution in [1.29, 1.82) is 0 Å². The summed E-state index contributed by atoms with van der Waals surface area (Å²) >= 11 is 1.86. The van der Waals surface area contributed by atoms with Crippen molar-refractivity contribution in [2.24, 2.45) is 4.99 Å². The van der Waals surface area contributed by atoms with Gasteiger partial charge in [0.15, 0.2) is 17.4 Å². The third-order valence-corrected chi connectivity index (χ3v) is 6.25. The third kappa shape index (κ3) is 6.15. The molecule has 0 aliphatic carbocycles. The summed E-state index contributed by atoms with van der Waals surface area (Å²) < 4.78 is 7.53. The Labute approximate surface area is 204 Å². The summed E-state index contributed by atoms with van der Waals surface area (Å²) in [6.07, 6.45) is 1.97. The zero-order chi connectivity index (χ0) is 20.8. The van der Waals surface area contributed by atoms with Crippen LogP contribution in [0.3, 0.4) is 0 Å². The summed E-state index contributed by atoms with van der Waals surface area (Å²) in [5.41, 5.74) is 0.834. The normalized spacial score (nSPS) is 16.1. The SMILES string of the molecule is CCNC(=NCc1nnc2ccccn12)NCC(c1ccc(C)s1)N1CCOCC1.I. The molecule has 0 saturated carbocycles. The van der Waals surface area contributed by atoms with E-state index in [1.54, 1.807) is 0 Å². The van der Waals surface area contributed by atoms with Gasteiger partial charge in [0, 0.05) is 42.1 Å². The lowest BCUT2D eigenvalue weighted by Crippen LogP contribution is -2.46. The molecule has 1 saturated heterocycles. The summed E-state index contributed by atoms with van der Waals surface area (Å²) in [7, 11) is 0. The summed E-state index contributed by atoms with van der Waals surface area (Å²) in [5.74, 6) is 1.61. The molecule has 4 rings (SSSR count). The molecule has 1 unspecified atom stereocenters. The van der Waals surface area contributed by atoms with E-state index in [1.165, 1.54) is 9.75 Å². The van der Waals surface area contributed by atoms with E-state index < -0.39 is 0 Å². The maximum Gasteiger partial charge on any atom is 0.191 e. The molecule has 3 aromatic rings. The van der Waals surface area contributed by atoms with Crippen LogP contribution in [0.15, 0.2) is 41.5 Å². The quantitative estimate of drug-likeness (QED) is 0.265. The number of pyridine rings is 1. The van der Waals surface area contributed by atoms with Gasteiger partial charge in [0.05, 0.1) is 19.3 Å². The predicted molar refractivity (Wildman–Crippen MR) is 135 cm³/mol. The summed E-state index contributed by atoms with van der Waals surface area (Å²) in [5, 5.41) is 15.4. The largest absolute Gasteiger partial charge is 0.379 e. The van der Waals surface area contributed by atoms with Crippen LogP contribution < -0.4 is 10.6 Å². The van der Waals surface area contributed by atoms with Crippen LogP contribution in [0.25, 0.3) is 5.65 Å². The molecule has 4 heterocycles. The Morgan fingerprint density at radius 3 is 2.77 bits per heavy atom. The second-order valence-corrected chi connectivity index (χ2v) is 8.55. The lowest BCUT2D eigenvalue weighted by molar-refractivity contribution is 0.0177. The van der Waals surface area contributed by atoms with Gasteiger partial charge in [-0.3, -0.25) is 9.30 Å². The molecule has 31 heavy (non-hydrogen) atoms. The molecule has 1 aliphatic heterocycles. The molecule has 0 amide bonds. The number of aryl methyl sites for hydroxylation is 1. The van der Waals surface area contributed by atoms with Gasteiger partial charge in [-0.1, -0.05) is 6.07 Å². The number of aromatic nitrogens is 3. The predicted octanol–water partition coefficient (Wildman–Crippen LogP) is 2.85. The Bertz CT molecular complexity index is 983. The number of fused-ring (bicyclic) bond motifs is 1. The van der Waals surface area contributed by atoms with E-state index in [9.17, 15) is 0 Å². The number of ether oxygens (including phenoxy) is 1. The fourth-order valence-electron chi connectivity index (χ4n) is 3.61. The average Bonchev–Trinajstić information content (AvgIpc) is 3.39. The van der Waals surface area contributed by atoms with E-state index in [1.807, 2.05) is 40.1 Å². The first-order chi connectivity index (χ1) is 14.7. The van der Waals surface area contributed by atoms with Gasteiger partial charge in [-0.25, -0.2) is 4.99 Å². The summed E-state index contributed by atoms with van der Waals surface area (Å²) in [6.45, 7) is 9.74. The number of guanidine groups is 1. The Morgan fingerprint density at radius 1 is 1.19 bits per heavy atom. The van der Waals surface area contributed by atoms with Crippen LogP contribution in [0.2, 0.25) is 0 Å². The Kier molecular flexibility index (Phi) is 9.05. The van der Waals surface area contributed by atoms with Crippen LogP contribution in [0.4, 0.5) is 0 Å². The molecule has 0 spiro atoms. The molecule has 2 N–H and O–H groups in total. The van der Waals surface area contributed by atoms with E-state index in [4.69, 9.17) is 9.73 Å². The minimum absolute atomic E-state index is 0. The summed E-state index contributed by atoms with van der Waals surface area (Å²) in [4.78, 5) is 9.96. The van der Waals surface area contributed by atoms with Gasteiger partial charge < -0.3 is 15.4 Å². The number of hydrogen-bond donors (Lipinski definition) is 2. The monoisotopic (exact) mass is 555 g/mol. The highest BCUT2D eigenvalue weighted by molar-refractivity contribution is 14.0. The number of thiophene rings is 1. The maximum absolute atomic E-state index is 5.56. The Hall–Kier alpha value is -1.76. The first kappa shape index (κ1) is 23.9. The molecule has 10 heteroatoms. The molecular weight excluding hydrogens is 525 g/mol. The topological polar surface area (TPSA) is 79.1 Å². The highest BCUT2D eigenvalue weighted by Gasteiger charge is 2.24. The van der Waals surface area contributed by atoms with E-state index >= 15 is 0 Å². The highest BCUT2D eigenvalue weighted by Crippen LogP contribution is 2.27. The van der Waals surface area contributed by atoms with Crippen molar-refractivity contribution in [3.63, 3.8) is 0 Å². The second kappa shape index (κ2) is 11.7. The molecule has 3 aromatic heterocycles. The average molecular weight is 555 g/mol. The van der Waals surface area contributed by atoms with Crippen LogP contribution in [-0.4, -0.2) is 64.9 Å². The fourth-order valence-corrected chi connectivity index (χ4v) is 4.63. The molecule has 0 radical (unpaired) electrons. The van der Waals surface area contributed by atoms with Gasteiger partial charge in [-0.05, 0) is 38.1 Å². The molecule has 8 nitrogen and oxygen atoms in total. The van der Waals surface area contributed by atoms with Crippen LogP contribution in [0.5, 0.6) is 0 Å². The van der Waals surface area contributed by atoms with Crippen LogP contribution in [-0.2, 0) is 11.3 Å².